The number of hydrogen-bond acceptors (Lipinski definition) is 6. The molecule has 2 aromatic rings. The van der Waals surface area contributed by atoms with Gasteiger partial charge in [-0.25, -0.2) is 4.79 Å². The Morgan fingerprint density at radius 1 is 0.920 bits per heavy atom. The van der Waals surface area contributed by atoms with Crippen molar-refractivity contribution in [2.45, 2.75) is 6.92 Å². The molecule has 6 heteroatoms. The lowest BCUT2D eigenvalue weighted by atomic mass is 10.3. The fourth-order valence-electron chi connectivity index (χ4n) is 1.79. The van der Waals surface area contributed by atoms with Crippen molar-refractivity contribution in [3.8, 4) is 11.5 Å². The van der Waals surface area contributed by atoms with Crippen LogP contribution in [0.1, 0.15) is 6.92 Å². The Morgan fingerprint density at radius 2 is 1.44 bits per heavy atom. The maximum Gasteiger partial charge on any atom is 0.333 e. The third-order valence-corrected chi connectivity index (χ3v) is 3.12. The van der Waals surface area contributed by atoms with Crippen LogP contribution in [0.3, 0.4) is 0 Å². The summed E-state index contributed by atoms with van der Waals surface area (Å²) in [7, 11) is 1.62. The van der Waals surface area contributed by atoms with Crippen LogP contribution < -0.4 is 9.47 Å². The van der Waals surface area contributed by atoms with Crippen LogP contribution in [-0.4, -0.2) is 26.3 Å². The molecule has 2 rings (SSSR count). The summed E-state index contributed by atoms with van der Waals surface area (Å²) >= 11 is 0. The molecule has 0 amide bonds. The minimum atomic E-state index is -0.419. The van der Waals surface area contributed by atoms with Crippen LogP contribution in [0.5, 0.6) is 11.5 Å². The largest absolute Gasteiger partial charge is 0.497 e. The highest BCUT2D eigenvalue weighted by Crippen LogP contribution is 2.22. The van der Waals surface area contributed by atoms with E-state index in [0.29, 0.717) is 17.0 Å². The van der Waals surface area contributed by atoms with Crippen LogP contribution in [0, 0.1) is 0 Å². The summed E-state index contributed by atoms with van der Waals surface area (Å²) in [5, 5.41) is 8.32. The van der Waals surface area contributed by atoms with Gasteiger partial charge in [-0.15, -0.1) is 0 Å². The van der Waals surface area contributed by atoms with Crippen molar-refractivity contribution in [1.82, 2.24) is 0 Å². The zero-order valence-electron chi connectivity index (χ0n) is 14.3. The first-order chi connectivity index (χ1) is 12.1. The zero-order valence-corrected chi connectivity index (χ0v) is 14.3. The number of azo groups is 1. The molecule has 0 saturated carbocycles. The first-order valence-electron chi connectivity index (χ1n) is 7.70. The predicted molar refractivity (Wildman–Crippen MR) is 94.9 cm³/mol. The second kappa shape index (κ2) is 9.22. The number of esters is 1. The van der Waals surface area contributed by atoms with Crippen LogP contribution in [0.25, 0.3) is 0 Å². The number of benzene rings is 2. The number of hydrogen-bond donors (Lipinski definition) is 0. The highest BCUT2D eigenvalue weighted by Gasteiger charge is 2.02. The van der Waals surface area contributed by atoms with E-state index in [0.717, 1.165) is 11.4 Å². The third-order valence-electron chi connectivity index (χ3n) is 3.12. The number of ether oxygens (including phenoxy) is 3. The Hall–Kier alpha value is -3.15. The molecule has 0 atom stereocenters. The fraction of sp³-hybridized carbons (Fsp3) is 0.211. The molecule has 0 spiro atoms. The van der Waals surface area contributed by atoms with E-state index in [1.54, 1.807) is 38.3 Å². The Bertz CT molecular complexity index is 737. The van der Waals surface area contributed by atoms with Gasteiger partial charge in [-0.05, 0) is 55.5 Å². The van der Waals surface area contributed by atoms with E-state index in [1.165, 1.54) is 0 Å². The van der Waals surface area contributed by atoms with Gasteiger partial charge in [-0.2, -0.15) is 10.2 Å². The van der Waals surface area contributed by atoms with E-state index in [2.05, 4.69) is 16.8 Å². The molecule has 2 aromatic carbocycles. The molecule has 0 bridgehead atoms. The molecule has 25 heavy (non-hydrogen) atoms. The number of nitrogens with zero attached hydrogens (tertiary/aromatic N) is 2. The highest BCUT2D eigenvalue weighted by molar-refractivity contribution is 5.86. The van der Waals surface area contributed by atoms with Gasteiger partial charge in [0.25, 0.3) is 0 Å². The monoisotopic (exact) mass is 340 g/mol. The summed E-state index contributed by atoms with van der Waals surface area (Å²) in [6.07, 6.45) is 0. The molecule has 0 aliphatic rings. The van der Waals surface area contributed by atoms with E-state index >= 15 is 0 Å². The molecule has 0 heterocycles. The van der Waals surface area contributed by atoms with Gasteiger partial charge >= 0.3 is 5.97 Å². The van der Waals surface area contributed by atoms with Gasteiger partial charge in [0, 0.05) is 5.57 Å². The van der Waals surface area contributed by atoms with Crippen LogP contribution in [0.2, 0.25) is 0 Å². The van der Waals surface area contributed by atoms with E-state index < -0.39 is 5.97 Å². The molecule has 130 valence electrons. The molecule has 0 unspecified atom stereocenters. The quantitative estimate of drug-likeness (QED) is 0.304. The second-order valence-corrected chi connectivity index (χ2v) is 5.16. The first-order valence-corrected chi connectivity index (χ1v) is 7.70. The lowest BCUT2D eigenvalue weighted by Gasteiger charge is -2.07. The van der Waals surface area contributed by atoms with Gasteiger partial charge < -0.3 is 14.2 Å². The molecule has 0 radical (unpaired) electrons. The van der Waals surface area contributed by atoms with Crippen LogP contribution in [0.4, 0.5) is 11.4 Å². The van der Waals surface area contributed by atoms with Gasteiger partial charge in [0.1, 0.15) is 24.7 Å². The summed E-state index contributed by atoms with van der Waals surface area (Å²) in [6, 6.07) is 14.5. The van der Waals surface area contributed by atoms with Gasteiger partial charge in [0.15, 0.2) is 0 Å². The van der Waals surface area contributed by atoms with Crippen molar-refractivity contribution >= 4 is 17.3 Å². The number of methoxy groups -OCH3 is 1. The smallest absolute Gasteiger partial charge is 0.333 e. The molecule has 0 fully saturated rings. The second-order valence-electron chi connectivity index (χ2n) is 5.16. The molecule has 0 aliphatic heterocycles. The van der Waals surface area contributed by atoms with Gasteiger partial charge in [-0.3, -0.25) is 0 Å². The molecular weight excluding hydrogens is 320 g/mol. The molecule has 0 saturated heterocycles. The number of rotatable bonds is 8. The van der Waals surface area contributed by atoms with Crippen LogP contribution in [-0.2, 0) is 9.53 Å². The standard InChI is InChI=1S/C19H20N2O4/c1-14(2)19(22)25-13-12-24-18-10-6-16(7-11-18)21-20-15-4-8-17(23-3)9-5-15/h4-11H,1,12-13H2,2-3H3/b21-20+. The zero-order chi connectivity index (χ0) is 18.1. The van der Waals surface area contributed by atoms with E-state index in [9.17, 15) is 4.79 Å². The average molecular weight is 340 g/mol. The Labute approximate surface area is 146 Å². The van der Waals surface area contributed by atoms with Crippen molar-refractivity contribution in [3.63, 3.8) is 0 Å². The highest BCUT2D eigenvalue weighted by atomic mass is 16.6. The van der Waals surface area contributed by atoms with Crippen molar-refractivity contribution in [1.29, 1.82) is 0 Å². The first kappa shape index (κ1) is 18.2. The molecule has 0 aromatic heterocycles. The minimum absolute atomic E-state index is 0.171. The van der Waals surface area contributed by atoms with Crippen molar-refractivity contribution in [2.75, 3.05) is 20.3 Å². The SMILES string of the molecule is C=C(C)C(=O)OCCOc1ccc(/N=N/c2ccc(OC)cc2)cc1. The van der Waals surface area contributed by atoms with Crippen molar-refractivity contribution in [2.24, 2.45) is 10.2 Å². The summed E-state index contributed by atoms with van der Waals surface area (Å²) in [5.74, 6) is 1.02. The molecule has 0 N–H and O–H groups in total. The van der Waals surface area contributed by atoms with Crippen LogP contribution >= 0.6 is 0 Å². The topological polar surface area (TPSA) is 69.5 Å². The third kappa shape index (κ3) is 6.10. The summed E-state index contributed by atoms with van der Waals surface area (Å²) in [4.78, 5) is 11.2. The van der Waals surface area contributed by atoms with Gasteiger partial charge in [-0.1, -0.05) is 6.58 Å². The summed E-state index contributed by atoms with van der Waals surface area (Å²) in [6.45, 7) is 5.55. The number of carbonyl (C=O) groups excluding carboxylic acids is 1. The Kier molecular flexibility index (Phi) is 6.71. The van der Waals surface area contributed by atoms with Crippen molar-refractivity contribution < 1.29 is 19.0 Å². The van der Waals surface area contributed by atoms with Gasteiger partial charge in [0.2, 0.25) is 0 Å². The summed E-state index contributed by atoms with van der Waals surface area (Å²) < 4.78 is 15.5. The molecule has 0 aliphatic carbocycles. The lowest BCUT2D eigenvalue weighted by molar-refractivity contribution is -0.139. The van der Waals surface area contributed by atoms with Crippen LogP contribution in [0.15, 0.2) is 70.9 Å². The Balaban J connectivity index is 1.81. The van der Waals surface area contributed by atoms with Crippen molar-refractivity contribution in [3.05, 3.63) is 60.7 Å². The maximum atomic E-state index is 11.2. The lowest BCUT2D eigenvalue weighted by Crippen LogP contribution is -2.12. The van der Waals surface area contributed by atoms with Gasteiger partial charge in [0.05, 0.1) is 18.5 Å². The minimum Gasteiger partial charge on any atom is -0.497 e. The summed E-state index contributed by atoms with van der Waals surface area (Å²) in [5.41, 5.74) is 1.81. The Morgan fingerprint density at radius 3 is 1.92 bits per heavy atom. The molecular formula is C19H20N2O4. The van der Waals surface area contributed by atoms with E-state index in [-0.39, 0.29) is 13.2 Å². The fourth-order valence-corrected chi connectivity index (χ4v) is 1.79. The van der Waals surface area contributed by atoms with E-state index in [1.807, 2.05) is 24.3 Å². The average Bonchev–Trinajstić information content (AvgIpc) is 2.64. The van der Waals surface area contributed by atoms with E-state index in [4.69, 9.17) is 14.2 Å². The molecule has 6 nitrogen and oxygen atoms in total. The number of carbonyl (C=O) groups is 1. The predicted octanol–water partition coefficient (Wildman–Crippen LogP) is 4.61. The maximum absolute atomic E-state index is 11.2. The normalized spacial score (nSPS) is 10.5.